The molecule has 0 aromatic heterocycles. The van der Waals surface area contributed by atoms with Crippen LogP contribution in [0.15, 0.2) is 12.1 Å². The van der Waals surface area contributed by atoms with Crippen molar-refractivity contribution in [2.45, 2.75) is 51.8 Å². The maximum atomic E-state index is 12.9. The molecule has 1 aliphatic rings. The average molecular weight is 409 g/mol. The number of ether oxygens (including phenoxy) is 1. The van der Waals surface area contributed by atoms with E-state index in [4.69, 9.17) is 4.74 Å². The number of nitrogens with one attached hydrogen (secondary N) is 1. The molecule has 0 aliphatic carbocycles. The van der Waals surface area contributed by atoms with Gasteiger partial charge in [-0.3, -0.25) is 9.59 Å². The van der Waals surface area contributed by atoms with E-state index in [0.717, 1.165) is 22.4 Å². The van der Waals surface area contributed by atoms with Crippen molar-refractivity contribution in [3.05, 3.63) is 28.8 Å². The third kappa shape index (κ3) is 5.26. The first-order valence-electron chi connectivity index (χ1n) is 9.34. The lowest BCUT2D eigenvalue weighted by atomic mass is 10.1. The number of aliphatic hydroxyl groups is 1. The molecule has 154 valence electrons. The normalized spacial score (nSPS) is 17.3. The van der Waals surface area contributed by atoms with Gasteiger partial charge in [-0.25, -0.2) is 4.79 Å². The number of hydrogen-bond donors (Lipinski definition) is 2. The Morgan fingerprint density at radius 3 is 2.64 bits per heavy atom. The quantitative estimate of drug-likeness (QED) is 0.366. The van der Waals surface area contributed by atoms with Crippen LogP contribution in [0.25, 0.3) is 0 Å². The van der Waals surface area contributed by atoms with Gasteiger partial charge in [0.1, 0.15) is 17.8 Å². The summed E-state index contributed by atoms with van der Waals surface area (Å²) < 4.78 is 5.65. The fourth-order valence-electron chi connectivity index (χ4n) is 3.53. The molecule has 7 nitrogen and oxygen atoms in total. The summed E-state index contributed by atoms with van der Waals surface area (Å²) in [6.07, 6.45) is 4.22. The SMILES string of the molecule is CSCCC(NC=O)C(=O)N1CCCC1C(=O)Oc1c(C)cc(CO)cc1C. The summed E-state index contributed by atoms with van der Waals surface area (Å²) in [5.74, 6) is 0.482. The number of hydrogen-bond acceptors (Lipinski definition) is 6. The van der Waals surface area contributed by atoms with Crippen LogP contribution in [0.1, 0.15) is 36.0 Å². The third-order valence-electron chi connectivity index (χ3n) is 4.89. The Kier molecular flexibility index (Phi) is 8.32. The average Bonchev–Trinajstić information content (AvgIpc) is 3.17. The third-order valence-corrected chi connectivity index (χ3v) is 5.54. The van der Waals surface area contributed by atoms with Crippen LogP contribution in [0.4, 0.5) is 0 Å². The van der Waals surface area contributed by atoms with E-state index in [1.54, 1.807) is 23.9 Å². The van der Waals surface area contributed by atoms with E-state index in [2.05, 4.69) is 5.32 Å². The number of aryl methyl sites for hydroxylation is 2. The van der Waals surface area contributed by atoms with E-state index in [9.17, 15) is 19.5 Å². The van der Waals surface area contributed by atoms with Gasteiger partial charge in [0, 0.05) is 6.54 Å². The molecular weight excluding hydrogens is 380 g/mol. The van der Waals surface area contributed by atoms with Gasteiger partial charge >= 0.3 is 5.97 Å². The molecule has 2 N–H and O–H groups in total. The summed E-state index contributed by atoms with van der Waals surface area (Å²) in [6, 6.07) is 2.26. The Hall–Kier alpha value is -2.06. The summed E-state index contributed by atoms with van der Waals surface area (Å²) >= 11 is 1.59. The molecule has 28 heavy (non-hydrogen) atoms. The van der Waals surface area contributed by atoms with Gasteiger partial charge in [-0.15, -0.1) is 0 Å². The van der Waals surface area contributed by atoms with Crippen LogP contribution in [0, 0.1) is 13.8 Å². The number of amides is 2. The lowest BCUT2D eigenvalue weighted by molar-refractivity contribution is -0.147. The zero-order chi connectivity index (χ0) is 20.7. The highest BCUT2D eigenvalue weighted by Crippen LogP contribution is 2.27. The molecule has 2 atom stereocenters. The fourth-order valence-corrected chi connectivity index (χ4v) is 4.00. The predicted octanol–water partition coefficient (Wildman–Crippen LogP) is 1.56. The van der Waals surface area contributed by atoms with Crippen molar-refractivity contribution < 1.29 is 24.2 Å². The highest BCUT2D eigenvalue weighted by molar-refractivity contribution is 7.98. The molecule has 2 unspecified atom stereocenters. The second kappa shape index (κ2) is 10.5. The molecule has 1 aromatic rings. The summed E-state index contributed by atoms with van der Waals surface area (Å²) in [7, 11) is 0. The monoisotopic (exact) mass is 408 g/mol. The molecule has 1 heterocycles. The van der Waals surface area contributed by atoms with Crippen molar-refractivity contribution in [3.63, 3.8) is 0 Å². The molecule has 0 saturated carbocycles. The van der Waals surface area contributed by atoms with Crippen molar-refractivity contribution in [2.24, 2.45) is 0 Å². The second-order valence-electron chi connectivity index (χ2n) is 6.95. The maximum Gasteiger partial charge on any atom is 0.334 e. The van der Waals surface area contributed by atoms with Crippen LogP contribution >= 0.6 is 11.8 Å². The fraction of sp³-hybridized carbons (Fsp3) is 0.550. The molecule has 8 heteroatoms. The van der Waals surface area contributed by atoms with Gasteiger partial charge in [0.15, 0.2) is 0 Å². The van der Waals surface area contributed by atoms with Gasteiger partial charge in [0.2, 0.25) is 12.3 Å². The van der Waals surface area contributed by atoms with Crippen LogP contribution in [0.5, 0.6) is 5.75 Å². The van der Waals surface area contributed by atoms with Crippen molar-refractivity contribution in [2.75, 3.05) is 18.6 Å². The van der Waals surface area contributed by atoms with Gasteiger partial charge in [0.25, 0.3) is 0 Å². The Balaban J connectivity index is 2.14. The number of aliphatic hydroxyl groups excluding tert-OH is 1. The number of carbonyl (C=O) groups is 3. The smallest absolute Gasteiger partial charge is 0.334 e. The summed E-state index contributed by atoms with van der Waals surface area (Å²) in [6.45, 7) is 4.02. The molecule has 0 spiro atoms. The van der Waals surface area contributed by atoms with E-state index in [1.165, 1.54) is 4.90 Å². The zero-order valence-electron chi connectivity index (χ0n) is 16.6. The topological polar surface area (TPSA) is 95.9 Å². The van der Waals surface area contributed by atoms with Crippen LogP contribution in [-0.4, -0.2) is 58.9 Å². The minimum absolute atomic E-state index is 0.0814. The first-order chi connectivity index (χ1) is 13.4. The van der Waals surface area contributed by atoms with Crippen molar-refractivity contribution in [3.8, 4) is 5.75 Å². The number of rotatable bonds is 9. The molecule has 1 fully saturated rings. The lowest BCUT2D eigenvalue weighted by Crippen LogP contribution is -2.51. The molecule has 1 saturated heterocycles. The molecule has 1 aliphatic heterocycles. The molecule has 2 rings (SSSR count). The largest absolute Gasteiger partial charge is 0.424 e. The number of likely N-dealkylation sites (tertiary alicyclic amines) is 1. The highest BCUT2D eigenvalue weighted by Gasteiger charge is 2.38. The predicted molar refractivity (Wildman–Crippen MR) is 108 cm³/mol. The number of carbonyl (C=O) groups excluding carboxylic acids is 3. The van der Waals surface area contributed by atoms with Gasteiger partial charge in [0.05, 0.1) is 6.61 Å². The van der Waals surface area contributed by atoms with Crippen LogP contribution < -0.4 is 10.1 Å². The van der Waals surface area contributed by atoms with E-state index < -0.39 is 18.1 Å². The Morgan fingerprint density at radius 1 is 1.39 bits per heavy atom. The van der Waals surface area contributed by atoms with Crippen LogP contribution in [0.3, 0.4) is 0 Å². The minimum atomic E-state index is -0.658. The number of thioether (sulfide) groups is 1. The number of benzene rings is 1. The van der Waals surface area contributed by atoms with E-state index in [1.807, 2.05) is 20.1 Å². The first kappa shape index (κ1) is 22.2. The number of esters is 1. The maximum absolute atomic E-state index is 12.9. The number of nitrogens with zero attached hydrogens (tertiary/aromatic N) is 1. The molecule has 1 aromatic carbocycles. The summed E-state index contributed by atoms with van der Waals surface area (Å²) in [5, 5.41) is 11.9. The Morgan fingerprint density at radius 2 is 2.07 bits per heavy atom. The lowest BCUT2D eigenvalue weighted by Gasteiger charge is -2.27. The standard InChI is InChI=1S/C20H28N2O5S/c1-13-9-15(11-23)10-14(2)18(13)27-20(26)17-5-4-7-22(17)19(25)16(21-12-24)6-8-28-3/h9-10,12,16-17,23H,4-8,11H2,1-3H3,(H,21,24). The highest BCUT2D eigenvalue weighted by atomic mass is 32.2. The van der Waals surface area contributed by atoms with Crippen molar-refractivity contribution in [1.29, 1.82) is 0 Å². The van der Waals surface area contributed by atoms with Crippen molar-refractivity contribution >= 4 is 30.0 Å². The van der Waals surface area contributed by atoms with E-state index in [-0.39, 0.29) is 12.5 Å². The second-order valence-corrected chi connectivity index (χ2v) is 7.93. The summed E-state index contributed by atoms with van der Waals surface area (Å²) in [5.41, 5.74) is 2.27. The first-order valence-corrected chi connectivity index (χ1v) is 10.7. The molecule has 0 bridgehead atoms. The van der Waals surface area contributed by atoms with E-state index >= 15 is 0 Å². The van der Waals surface area contributed by atoms with Gasteiger partial charge < -0.3 is 20.1 Å². The van der Waals surface area contributed by atoms with E-state index in [0.29, 0.717) is 38.0 Å². The van der Waals surface area contributed by atoms with Crippen LogP contribution in [0.2, 0.25) is 0 Å². The van der Waals surface area contributed by atoms with Crippen molar-refractivity contribution in [1.82, 2.24) is 10.2 Å². The van der Waals surface area contributed by atoms with Crippen LogP contribution in [-0.2, 0) is 21.0 Å². The molecular formula is C20H28N2O5S. The van der Waals surface area contributed by atoms with Gasteiger partial charge in [-0.1, -0.05) is 12.1 Å². The Bertz CT molecular complexity index is 702. The Labute approximate surface area is 169 Å². The van der Waals surface area contributed by atoms with Gasteiger partial charge in [-0.05, 0) is 61.8 Å². The molecule has 2 amide bonds. The van der Waals surface area contributed by atoms with Gasteiger partial charge in [-0.2, -0.15) is 11.8 Å². The minimum Gasteiger partial charge on any atom is -0.424 e. The zero-order valence-corrected chi connectivity index (χ0v) is 17.4. The molecule has 0 radical (unpaired) electrons. The summed E-state index contributed by atoms with van der Waals surface area (Å²) in [4.78, 5) is 38.1.